The van der Waals surface area contributed by atoms with Crippen molar-refractivity contribution >= 4 is 28.9 Å². The number of hydrogen-bond donors (Lipinski definition) is 2. The number of rotatable bonds is 2. The largest absolute Gasteiger partial charge is 0.398 e. The number of nitrogen functional groups attached to an aromatic ring is 1. The van der Waals surface area contributed by atoms with Crippen molar-refractivity contribution in [1.82, 2.24) is 4.98 Å². The molecule has 92 valence electrons. The third-order valence-electron chi connectivity index (χ3n) is 2.64. The van der Waals surface area contributed by atoms with Crippen LogP contribution in [0.3, 0.4) is 0 Å². The van der Waals surface area contributed by atoms with Crippen LogP contribution in [-0.2, 0) is 0 Å². The van der Waals surface area contributed by atoms with Gasteiger partial charge in [0.25, 0.3) is 5.91 Å². The molecule has 0 bridgehead atoms. The Labute approximate surface area is 110 Å². The summed E-state index contributed by atoms with van der Waals surface area (Å²) in [5.41, 5.74) is 8.30. The number of amides is 1. The van der Waals surface area contributed by atoms with Crippen LogP contribution in [-0.4, -0.2) is 10.9 Å². The van der Waals surface area contributed by atoms with Crippen molar-refractivity contribution in [2.75, 3.05) is 11.1 Å². The standard InChI is InChI=1S/C13H12ClN3O/c1-8-11(15)3-2-4-12(8)17-13(18)9-5-6-16-7-10(9)14/h2-7H,15H2,1H3,(H,17,18). The topological polar surface area (TPSA) is 68.0 Å². The van der Waals surface area contributed by atoms with Gasteiger partial charge in [0, 0.05) is 23.8 Å². The number of nitrogens with one attached hydrogen (secondary N) is 1. The number of aromatic nitrogens is 1. The lowest BCUT2D eigenvalue weighted by Gasteiger charge is -2.10. The van der Waals surface area contributed by atoms with Crippen LogP contribution in [0.1, 0.15) is 15.9 Å². The third-order valence-corrected chi connectivity index (χ3v) is 2.94. The zero-order chi connectivity index (χ0) is 13.1. The number of pyridine rings is 1. The predicted molar refractivity (Wildman–Crippen MR) is 72.8 cm³/mol. The van der Waals surface area contributed by atoms with Gasteiger partial charge in [0.05, 0.1) is 10.6 Å². The number of carbonyl (C=O) groups is 1. The summed E-state index contributed by atoms with van der Waals surface area (Å²) in [6.07, 6.45) is 2.95. The lowest BCUT2D eigenvalue weighted by atomic mass is 10.1. The van der Waals surface area contributed by atoms with Gasteiger partial charge in [0.15, 0.2) is 0 Å². The Bertz CT molecular complexity index is 599. The molecule has 1 aromatic carbocycles. The van der Waals surface area contributed by atoms with E-state index in [0.717, 1.165) is 5.56 Å². The van der Waals surface area contributed by atoms with Gasteiger partial charge in [-0.1, -0.05) is 17.7 Å². The Balaban J connectivity index is 2.27. The van der Waals surface area contributed by atoms with Crippen molar-refractivity contribution in [3.63, 3.8) is 0 Å². The van der Waals surface area contributed by atoms with Gasteiger partial charge in [-0.15, -0.1) is 0 Å². The molecule has 0 saturated heterocycles. The van der Waals surface area contributed by atoms with Crippen LogP contribution in [0.4, 0.5) is 11.4 Å². The van der Waals surface area contributed by atoms with Gasteiger partial charge in [0.2, 0.25) is 0 Å². The van der Waals surface area contributed by atoms with Gasteiger partial charge >= 0.3 is 0 Å². The predicted octanol–water partition coefficient (Wildman–Crippen LogP) is 2.88. The maximum atomic E-state index is 12.0. The van der Waals surface area contributed by atoms with Crippen LogP contribution < -0.4 is 11.1 Å². The quantitative estimate of drug-likeness (QED) is 0.817. The van der Waals surface area contributed by atoms with Crippen LogP contribution in [0.25, 0.3) is 0 Å². The molecule has 0 spiro atoms. The molecule has 18 heavy (non-hydrogen) atoms. The van der Waals surface area contributed by atoms with Gasteiger partial charge in [-0.3, -0.25) is 9.78 Å². The van der Waals surface area contributed by atoms with Crippen LogP contribution >= 0.6 is 11.6 Å². The average molecular weight is 262 g/mol. The number of halogens is 1. The summed E-state index contributed by atoms with van der Waals surface area (Å²) in [7, 11) is 0. The Morgan fingerprint density at radius 2 is 2.17 bits per heavy atom. The van der Waals surface area contributed by atoms with E-state index in [4.69, 9.17) is 17.3 Å². The summed E-state index contributed by atoms with van der Waals surface area (Å²) in [5.74, 6) is -0.281. The molecule has 3 N–H and O–H groups in total. The highest BCUT2D eigenvalue weighted by Crippen LogP contribution is 2.22. The Morgan fingerprint density at radius 1 is 1.39 bits per heavy atom. The van der Waals surface area contributed by atoms with Crippen LogP contribution in [0.5, 0.6) is 0 Å². The fourth-order valence-electron chi connectivity index (χ4n) is 1.54. The Morgan fingerprint density at radius 3 is 2.89 bits per heavy atom. The molecule has 0 saturated carbocycles. The zero-order valence-corrected chi connectivity index (χ0v) is 10.5. The van der Waals surface area contributed by atoms with E-state index in [0.29, 0.717) is 22.0 Å². The fourth-order valence-corrected chi connectivity index (χ4v) is 1.74. The first-order valence-corrected chi connectivity index (χ1v) is 5.73. The summed E-state index contributed by atoms with van der Waals surface area (Å²) < 4.78 is 0. The third kappa shape index (κ3) is 2.43. The number of carbonyl (C=O) groups excluding carboxylic acids is 1. The van der Waals surface area contributed by atoms with Crippen LogP contribution in [0.2, 0.25) is 5.02 Å². The lowest BCUT2D eigenvalue weighted by Crippen LogP contribution is -2.13. The van der Waals surface area contributed by atoms with E-state index in [-0.39, 0.29) is 5.91 Å². The van der Waals surface area contributed by atoms with Gasteiger partial charge in [-0.05, 0) is 30.7 Å². The summed E-state index contributed by atoms with van der Waals surface area (Å²) in [4.78, 5) is 15.9. The molecule has 0 fully saturated rings. The molecule has 2 rings (SSSR count). The molecule has 2 aromatic rings. The summed E-state index contributed by atoms with van der Waals surface area (Å²) >= 11 is 5.91. The van der Waals surface area contributed by atoms with Gasteiger partial charge in [-0.2, -0.15) is 0 Å². The molecule has 0 aliphatic heterocycles. The van der Waals surface area contributed by atoms with Gasteiger partial charge < -0.3 is 11.1 Å². The van der Waals surface area contributed by atoms with Gasteiger partial charge in [-0.25, -0.2) is 0 Å². The van der Waals surface area contributed by atoms with E-state index in [1.165, 1.54) is 12.4 Å². The highest BCUT2D eigenvalue weighted by Gasteiger charge is 2.11. The van der Waals surface area contributed by atoms with Crippen molar-refractivity contribution in [2.45, 2.75) is 6.92 Å². The van der Waals surface area contributed by atoms with Crippen LogP contribution in [0, 0.1) is 6.92 Å². The van der Waals surface area contributed by atoms with Crippen molar-refractivity contribution in [1.29, 1.82) is 0 Å². The second kappa shape index (κ2) is 5.06. The van der Waals surface area contributed by atoms with Crippen molar-refractivity contribution < 1.29 is 4.79 Å². The average Bonchev–Trinajstić information content (AvgIpc) is 2.35. The summed E-state index contributed by atoms with van der Waals surface area (Å²) in [6, 6.07) is 6.93. The molecule has 0 radical (unpaired) electrons. The number of anilines is 2. The minimum Gasteiger partial charge on any atom is -0.398 e. The molecule has 5 heteroatoms. The normalized spacial score (nSPS) is 10.1. The first kappa shape index (κ1) is 12.4. The molecule has 1 aromatic heterocycles. The van der Waals surface area contributed by atoms with E-state index < -0.39 is 0 Å². The van der Waals surface area contributed by atoms with E-state index in [9.17, 15) is 4.79 Å². The molecule has 0 unspecified atom stereocenters. The molecular weight excluding hydrogens is 250 g/mol. The zero-order valence-electron chi connectivity index (χ0n) is 9.77. The molecule has 1 amide bonds. The maximum absolute atomic E-state index is 12.0. The minimum atomic E-state index is -0.281. The molecule has 1 heterocycles. The Kier molecular flexibility index (Phi) is 3.48. The minimum absolute atomic E-state index is 0.281. The van der Waals surface area contributed by atoms with E-state index >= 15 is 0 Å². The SMILES string of the molecule is Cc1c(N)cccc1NC(=O)c1ccncc1Cl. The number of hydrogen-bond acceptors (Lipinski definition) is 3. The second-order valence-corrected chi connectivity index (χ2v) is 4.24. The van der Waals surface area contributed by atoms with Crippen molar-refractivity contribution in [3.8, 4) is 0 Å². The second-order valence-electron chi connectivity index (χ2n) is 3.83. The highest BCUT2D eigenvalue weighted by atomic mass is 35.5. The van der Waals surface area contributed by atoms with E-state index in [1.54, 1.807) is 24.3 Å². The summed E-state index contributed by atoms with van der Waals surface area (Å²) in [6.45, 7) is 1.85. The first-order chi connectivity index (χ1) is 8.59. The maximum Gasteiger partial charge on any atom is 0.257 e. The lowest BCUT2D eigenvalue weighted by molar-refractivity contribution is 0.102. The monoisotopic (exact) mass is 261 g/mol. The molecule has 0 aliphatic carbocycles. The Hall–Kier alpha value is -2.07. The smallest absolute Gasteiger partial charge is 0.257 e. The number of benzene rings is 1. The van der Waals surface area contributed by atoms with E-state index in [2.05, 4.69) is 10.3 Å². The first-order valence-electron chi connectivity index (χ1n) is 5.35. The molecule has 4 nitrogen and oxygen atoms in total. The highest BCUT2D eigenvalue weighted by molar-refractivity contribution is 6.34. The van der Waals surface area contributed by atoms with Gasteiger partial charge in [0.1, 0.15) is 0 Å². The molecule has 0 atom stereocenters. The fraction of sp³-hybridized carbons (Fsp3) is 0.0769. The van der Waals surface area contributed by atoms with Crippen molar-refractivity contribution in [3.05, 3.63) is 52.8 Å². The number of nitrogens with zero attached hydrogens (tertiary/aromatic N) is 1. The van der Waals surface area contributed by atoms with Crippen LogP contribution in [0.15, 0.2) is 36.7 Å². The molecule has 0 aliphatic rings. The number of nitrogens with two attached hydrogens (primary N) is 1. The summed E-state index contributed by atoms with van der Waals surface area (Å²) in [5, 5.41) is 3.09. The van der Waals surface area contributed by atoms with Crippen molar-refractivity contribution in [2.24, 2.45) is 0 Å². The van der Waals surface area contributed by atoms with E-state index in [1.807, 2.05) is 6.92 Å². The molecular formula is C13H12ClN3O.